The molecule has 0 aliphatic carbocycles. The smallest absolute Gasteiger partial charge is 0.132 e. The van der Waals surface area contributed by atoms with Crippen LogP contribution in [0, 0.1) is 0 Å². The van der Waals surface area contributed by atoms with Crippen LogP contribution in [0.15, 0.2) is 138 Å². The molecular weight excluding hydrogens is 591 g/mol. The molecule has 44 heavy (non-hydrogen) atoms. The molecule has 3 aromatic heterocycles. The number of aliphatic imine (C=N–C) groups is 1. The molecule has 0 amide bonds. The summed E-state index contributed by atoms with van der Waals surface area (Å²) in [7, 11) is 0. The Bertz CT molecular complexity index is 2390. The zero-order valence-electron chi connectivity index (χ0n) is 23.1. The first-order valence-corrected chi connectivity index (χ1v) is 15.8. The van der Waals surface area contributed by atoms with Crippen LogP contribution in [0.4, 0.5) is 14.8 Å². The van der Waals surface area contributed by atoms with E-state index in [0.29, 0.717) is 22.0 Å². The van der Waals surface area contributed by atoms with E-state index in [1.807, 2.05) is 133 Å². The second-order valence-corrected chi connectivity index (χ2v) is 12.8. The highest BCUT2D eigenvalue weighted by atomic mass is 32.1. The average molecular weight is 613 g/mol. The first-order chi connectivity index (χ1) is 21.6. The number of hydrogen-bond donors (Lipinski definition) is 0. The third-order valence-corrected chi connectivity index (χ3v) is 10.5. The Hall–Kier alpha value is -5.02. The summed E-state index contributed by atoms with van der Waals surface area (Å²) in [6.07, 6.45) is 0. The van der Waals surface area contributed by atoms with Crippen molar-refractivity contribution in [1.29, 1.82) is 0 Å². The molecule has 4 nitrogen and oxygen atoms in total. The number of rotatable bonds is 4. The van der Waals surface area contributed by atoms with E-state index in [1.165, 1.54) is 22.7 Å². The Morgan fingerprint density at radius 1 is 0.614 bits per heavy atom. The summed E-state index contributed by atoms with van der Waals surface area (Å²) in [5.41, 5.74) is 5.56. The van der Waals surface area contributed by atoms with Gasteiger partial charge in [0.05, 0.1) is 19.5 Å². The van der Waals surface area contributed by atoms with E-state index in [0.717, 1.165) is 50.6 Å². The minimum Gasteiger partial charge on any atom is -0.132 e. The third-order valence-electron chi connectivity index (χ3n) is 8.12. The van der Waals surface area contributed by atoms with Crippen molar-refractivity contribution in [1.82, 2.24) is 14.5 Å². The summed E-state index contributed by atoms with van der Waals surface area (Å²) < 4.78 is 38.4. The van der Waals surface area contributed by atoms with Gasteiger partial charge in [-0.15, -0.1) is 22.7 Å². The highest BCUT2D eigenvalue weighted by molar-refractivity contribution is 7.22. The van der Waals surface area contributed by atoms with Crippen molar-refractivity contribution in [3.8, 4) is 32.0 Å². The largest absolute Gasteiger partial charge is 0.395 e. The molecule has 0 bridgehead atoms. The predicted octanol–water partition coefficient (Wildman–Crippen LogP) is 8.34. The standard InChI is InChI=1S/C36H22F2N4S2/c37-42(38)40-27-21-29(23-13-5-1-6-14-23)43-33(27)31(25-17-9-3-10-18-25)35(40)39-36-32(26-19-11-4-12-20-26)34-28(41(36)42)22-30(44-34)24-15-7-2-8-16-24/h1-22H/q+2. The van der Waals surface area contributed by atoms with Crippen molar-refractivity contribution in [2.24, 2.45) is 4.99 Å². The number of quaternary nitrogens is 1. The van der Waals surface area contributed by atoms with E-state index in [9.17, 15) is 0 Å². The molecule has 0 unspecified atom stereocenters. The lowest BCUT2D eigenvalue weighted by atomic mass is 10.1. The summed E-state index contributed by atoms with van der Waals surface area (Å²) in [5.74, 6) is 0.500. The minimum atomic E-state index is -2.53. The molecule has 0 radical (unpaired) electrons. The SMILES string of the molecule is F[N+]1(F)n2c(c(-c3ccccc3)c3sc(-c4ccccc4)cc32)N=C2C(c3ccccc3)=c3sc(-c4ccccc4)cc3=[N+]21. The van der Waals surface area contributed by atoms with Crippen LogP contribution in [-0.2, 0) is 0 Å². The van der Waals surface area contributed by atoms with Crippen molar-refractivity contribution >= 4 is 50.1 Å². The van der Waals surface area contributed by atoms with Crippen molar-refractivity contribution in [2.75, 3.05) is 0 Å². The van der Waals surface area contributed by atoms with Crippen LogP contribution in [0.3, 0.4) is 0 Å². The van der Waals surface area contributed by atoms with Gasteiger partial charge in [0.15, 0.2) is 0 Å². The molecule has 2 aliphatic heterocycles. The maximum absolute atomic E-state index is 17.3. The molecular formula is C36H22F2N4S2+2. The molecule has 0 saturated carbocycles. The molecule has 2 aliphatic rings. The van der Waals surface area contributed by atoms with Crippen molar-refractivity contribution < 1.29 is 8.96 Å². The van der Waals surface area contributed by atoms with Gasteiger partial charge in [-0.1, -0.05) is 121 Å². The molecule has 8 heteroatoms. The molecule has 210 valence electrons. The summed E-state index contributed by atoms with van der Waals surface area (Å²) in [5, 5.41) is -2.08. The van der Waals surface area contributed by atoms with E-state index in [4.69, 9.17) is 4.99 Å². The number of fused-ring (bicyclic) bond motifs is 5. The minimum absolute atomic E-state index is 0.250. The Balaban J connectivity index is 1.39. The van der Waals surface area contributed by atoms with Gasteiger partial charge < -0.3 is 0 Å². The average Bonchev–Trinajstić information content (AvgIpc) is 3.81. The van der Waals surface area contributed by atoms with Crippen LogP contribution in [0.5, 0.6) is 0 Å². The van der Waals surface area contributed by atoms with Gasteiger partial charge in [0.2, 0.25) is 5.36 Å². The van der Waals surface area contributed by atoms with Gasteiger partial charge >= 0.3 is 16.8 Å². The number of hydrogen-bond acceptors (Lipinski definition) is 3. The molecule has 0 atom stereocenters. The molecule has 0 saturated heterocycles. The third kappa shape index (κ3) is 3.62. The van der Waals surface area contributed by atoms with Crippen molar-refractivity contribution in [3.05, 3.63) is 149 Å². The quantitative estimate of drug-likeness (QED) is 0.141. The molecule has 7 aromatic rings. The fraction of sp³-hybridized carbons (Fsp3) is 0. The zero-order valence-corrected chi connectivity index (χ0v) is 24.7. The lowest BCUT2D eigenvalue weighted by Gasteiger charge is -2.16. The van der Waals surface area contributed by atoms with Crippen LogP contribution < -0.4 is 19.7 Å². The van der Waals surface area contributed by atoms with Gasteiger partial charge in [-0.3, -0.25) is 0 Å². The van der Waals surface area contributed by atoms with Gasteiger partial charge in [-0.2, -0.15) is 0 Å². The fourth-order valence-corrected chi connectivity index (χ4v) is 8.59. The molecule has 5 heterocycles. The van der Waals surface area contributed by atoms with Gasteiger partial charge in [0.1, 0.15) is 20.1 Å². The lowest BCUT2D eigenvalue weighted by Crippen LogP contribution is -2.61. The molecule has 4 aromatic carbocycles. The van der Waals surface area contributed by atoms with Crippen LogP contribution in [0.2, 0.25) is 0 Å². The highest BCUT2D eigenvalue weighted by Crippen LogP contribution is 2.49. The zero-order chi connectivity index (χ0) is 29.4. The topological polar surface area (TPSA) is 20.3 Å². The Morgan fingerprint density at radius 2 is 1.14 bits per heavy atom. The Morgan fingerprint density at radius 3 is 1.73 bits per heavy atom. The number of halogens is 2. The van der Waals surface area contributed by atoms with E-state index in [1.54, 1.807) is 0 Å². The number of benzene rings is 4. The maximum Gasteiger partial charge on any atom is 0.395 e. The van der Waals surface area contributed by atoms with Crippen LogP contribution in [0.25, 0.3) is 47.8 Å². The summed E-state index contributed by atoms with van der Waals surface area (Å²) >= 11 is 3.04. The molecule has 0 N–H and O–H groups in total. The summed E-state index contributed by atoms with van der Waals surface area (Å²) in [6, 6.07) is 43.1. The number of amidine groups is 1. The predicted molar refractivity (Wildman–Crippen MR) is 177 cm³/mol. The van der Waals surface area contributed by atoms with Crippen LogP contribution >= 0.6 is 22.7 Å². The monoisotopic (exact) mass is 612 g/mol. The normalized spacial score (nSPS) is 14.8. The Kier molecular flexibility index (Phi) is 5.49. The van der Waals surface area contributed by atoms with Crippen LogP contribution in [0.1, 0.15) is 5.56 Å². The molecule has 0 fully saturated rings. The second kappa shape index (κ2) is 9.49. The summed E-state index contributed by atoms with van der Waals surface area (Å²) in [6.45, 7) is 0. The van der Waals surface area contributed by atoms with Gasteiger partial charge in [0.25, 0.3) is 0 Å². The number of aromatic nitrogens is 1. The first-order valence-electron chi connectivity index (χ1n) is 14.2. The van der Waals surface area contributed by atoms with Gasteiger partial charge in [-0.25, -0.2) is 0 Å². The van der Waals surface area contributed by atoms with Crippen LogP contribution in [-0.4, -0.2) is 10.5 Å². The van der Waals surface area contributed by atoms with Gasteiger partial charge in [-0.05, 0) is 38.0 Å². The van der Waals surface area contributed by atoms with Crippen molar-refractivity contribution in [3.63, 3.8) is 0 Å². The summed E-state index contributed by atoms with van der Waals surface area (Å²) in [4.78, 5) is 6.98. The van der Waals surface area contributed by atoms with Crippen molar-refractivity contribution in [2.45, 2.75) is 0 Å². The Labute approximate surface area is 258 Å². The highest BCUT2D eigenvalue weighted by Gasteiger charge is 2.60. The molecule has 0 spiro atoms. The fourth-order valence-electron chi connectivity index (χ4n) is 6.18. The van der Waals surface area contributed by atoms with E-state index in [2.05, 4.69) is 0 Å². The molecule has 9 rings (SSSR count). The van der Waals surface area contributed by atoms with E-state index >= 15 is 8.96 Å². The second-order valence-electron chi connectivity index (χ2n) is 10.7. The van der Waals surface area contributed by atoms with Gasteiger partial charge in [0, 0.05) is 15.8 Å². The number of nitrogens with zero attached hydrogens (tertiary/aromatic N) is 4. The number of thiophene rings is 2. The maximum atomic E-state index is 17.3. The van der Waals surface area contributed by atoms with E-state index < -0.39 is 5.15 Å². The lowest BCUT2D eigenvalue weighted by molar-refractivity contribution is -0.273. The van der Waals surface area contributed by atoms with E-state index in [-0.39, 0.29) is 11.7 Å². The first kappa shape index (κ1) is 25.5.